The highest BCUT2D eigenvalue weighted by Crippen LogP contribution is 2.47. The Morgan fingerprint density at radius 1 is 1.14 bits per heavy atom. The lowest BCUT2D eigenvalue weighted by atomic mass is 9.69. The van der Waals surface area contributed by atoms with Gasteiger partial charge in [0.15, 0.2) is 5.78 Å². The van der Waals surface area contributed by atoms with E-state index in [0.29, 0.717) is 12.0 Å². The van der Waals surface area contributed by atoms with Crippen LogP contribution in [0.3, 0.4) is 0 Å². The summed E-state index contributed by atoms with van der Waals surface area (Å²) in [7, 11) is 0. The lowest BCUT2D eigenvalue weighted by Crippen LogP contribution is -2.39. The molecule has 2 heterocycles. The smallest absolute Gasteiger partial charge is 0.254 e. The Labute approximate surface area is 175 Å². The average molecular weight is 407 g/mol. The third-order valence-corrected chi connectivity index (χ3v) is 6.64. The molecule has 2 aromatic rings. The molecular weight excluding hydrogens is 380 g/mol. The third-order valence-electron chi connectivity index (χ3n) is 5.71. The number of thiophene rings is 1. The summed E-state index contributed by atoms with van der Waals surface area (Å²) in [5.41, 5.74) is 4.89. The molecule has 5 heteroatoms. The number of carbonyl (C=O) groups is 2. The van der Waals surface area contributed by atoms with Crippen molar-refractivity contribution in [1.82, 2.24) is 5.32 Å². The van der Waals surface area contributed by atoms with E-state index in [0.717, 1.165) is 39.5 Å². The Bertz CT molecular complexity index is 1040. The van der Waals surface area contributed by atoms with Crippen LogP contribution in [0.15, 0.2) is 64.3 Å². The molecule has 150 valence electrons. The Hall–Kier alpha value is -2.66. The number of amides is 1. The minimum atomic E-state index is -0.320. The number of benzene rings is 1. The number of carbonyl (C=O) groups excluding carboxylic acids is 2. The minimum absolute atomic E-state index is 0.0793. The Morgan fingerprint density at radius 2 is 1.90 bits per heavy atom. The van der Waals surface area contributed by atoms with Gasteiger partial charge in [-0.1, -0.05) is 38.1 Å². The van der Waals surface area contributed by atoms with Crippen molar-refractivity contribution in [3.05, 3.63) is 74.8 Å². The Morgan fingerprint density at radius 3 is 2.59 bits per heavy atom. The van der Waals surface area contributed by atoms with E-state index in [2.05, 4.69) is 24.5 Å². The van der Waals surface area contributed by atoms with Gasteiger partial charge >= 0.3 is 0 Å². The summed E-state index contributed by atoms with van der Waals surface area (Å²) in [5.74, 6) is -0.346. The highest BCUT2D eigenvalue weighted by molar-refractivity contribution is 7.10. The Balaban J connectivity index is 1.78. The van der Waals surface area contributed by atoms with Gasteiger partial charge in [-0.2, -0.15) is 0 Å². The topological polar surface area (TPSA) is 58.2 Å². The summed E-state index contributed by atoms with van der Waals surface area (Å²) >= 11 is 1.59. The van der Waals surface area contributed by atoms with Crippen molar-refractivity contribution in [3.8, 4) is 0 Å². The van der Waals surface area contributed by atoms with Crippen molar-refractivity contribution < 1.29 is 9.59 Å². The largest absolute Gasteiger partial charge is 0.362 e. The zero-order chi connectivity index (χ0) is 20.8. The van der Waals surface area contributed by atoms with Crippen LogP contribution in [0, 0.1) is 12.3 Å². The maximum Gasteiger partial charge on any atom is 0.254 e. The van der Waals surface area contributed by atoms with E-state index >= 15 is 0 Å². The molecule has 2 N–H and O–H groups in total. The van der Waals surface area contributed by atoms with E-state index in [1.54, 1.807) is 11.3 Å². The molecule has 0 saturated heterocycles. The molecule has 1 aliphatic carbocycles. The number of dihydropyridines is 1. The molecular formula is C24H26N2O2S. The van der Waals surface area contributed by atoms with Crippen molar-refractivity contribution in [2.24, 2.45) is 5.41 Å². The Kier molecular flexibility index (Phi) is 4.95. The molecule has 1 aromatic heterocycles. The molecule has 0 fully saturated rings. The summed E-state index contributed by atoms with van der Waals surface area (Å²) in [5, 5.41) is 8.47. The fourth-order valence-corrected chi connectivity index (χ4v) is 5.22. The molecule has 0 saturated carbocycles. The van der Waals surface area contributed by atoms with Gasteiger partial charge in [-0.3, -0.25) is 9.59 Å². The van der Waals surface area contributed by atoms with Gasteiger partial charge in [0.25, 0.3) is 5.91 Å². The second-order valence-corrected chi connectivity index (χ2v) is 9.69. The van der Waals surface area contributed by atoms with E-state index in [1.165, 1.54) is 0 Å². The quantitative estimate of drug-likeness (QED) is 0.727. The number of nitrogens with one attached hydrogen (secondary N) is 2. The molecule has 4 rings (SSSR count). The standard InChI is InChI=1S/C24H26N2O2S/c1-14-8-5-6-9-16(14)26-23(28)20-15(2)25-17-12-24(3,4)13-18(27)21(17)22(20)19-10-7-11-29-19/h5-11,22,25H,12-13H2,1-4H3,(H,26,28). The van der Waals surface area contributed by atoms with Gasteiger partial charge in [-0.05, 0) is 48.8 Å². The molecule has 1 atom stereocenters. The zero-order valence-corrected chi connectivity index (χ0v) is 18.1. The number of aryl methyl sites for hydroxylation is 1. The third kappa shape index (κ3) is 3.67. The number of ketones is 1. The zero-order valence-electron chi connectivity index (χ0n) is 17.3. The summed E-state index contributed by atoms with van der Waals surface area (Å²) in [4.78, 5) is 27.6. The van der Waals surface area contributed by atoms with E-state index in [1.807, 2.05) is 55.6 Å². The van der Waals surface area contributed by atoms with Gasteiger partial charge in [0.1, 0.15) is 0 Å². The lowest BCUT2D eigenvalue weighted by molar-refractivity contribution is -0.118. The number of hydrogen-bond acceptors (Lipinski definition) is 4. The second-order valence-electron chi connectivity index (χ2n) is 8.71. The van der Waals surface area contributed by atoms with E-state index in [4.69, 9.17) is 0 Å². The molecule has 1 aromatic carbocycles. The molecule has 29 heavy (non-hydrogen) atoms. The number of Topliss-reactive ketones (excluding diaryl/α,β-unsaturated/α-hetero) is 1. The van der Waals surface area contributed by atoms with Gasteiger partial charge in [0.2, 0.25) is 0 Å². The van der Waals surface area contributed by atoms with Crippen molar-refractivity contribution in [1.29, 1.82) is 0 Å². The van der Waals surface area contributed by atoms with Crippen LogP contribution in [0.5, 0.6) is 0 Å². The number of allylic oxidation sites excluding steroid dienone is 3. The predicted octanol–water partition coefficient (Wildman–Crippen LogP) is 5.30. The maximum atomic E-state index is 13.4. The minimum Gasteiger partial charge on any atom is -0.362 e. The fourth-order valence-electron chi connectivity index (χ4n) is 4.38. The van der Waals surface area contributed by atoms with Crippen LogP contribution in [0.2, 0.25) is 0 Å². The van der Waals surface area contributed by atoms with Gasteiger partial charge in [0, 0.05) is 39.5 Å². The number of anilines is 1. The lowest BCUT2D eigenvalue weighted by Gasteiger charge is -2.39. The highest BCUT2D eigenvalue weighted by Gasteiger charge is 2.43. The van der Waals surface area contributed by atoms with Crippen LogP contribution in [-0.2, 0) is 9.59 Å². The first-order valence-electron chi connectivity index (χ1n) is 9.91. The first kappa shape index (κ1) is 19.6. The average Bonchev–Trinajstić information content (AvgIpc) is 3.15. The summed E-state index contributed by atoms with van der Waals surface area (Å²) in [6, 6.07) is 11.7. The van der Waals surface area contributed by atoms with Gasteiger partial charge < -0.3 is 10.6 Å². The maximum absolute atomic E-state index is 13.4. The van der Waals surface area contributed by atoms with Crippen molar-refractivity contribution in [2.45, 2.75) is 46.5 Å². The molecule has 0 radical (unpaired) electrons. The van der Waals surface area contributed by atoms with Crippen molar-refractivity contribution >= 4 is 28.7 Å². The van der Waals surface area contributed by atoms with Gasteiger partial charge in [-0.15, -0.1) is 11.3 Å². The monoisotopic (exact) mass is 406 g/mol. The van der Waals surface area contributed by atoms with Crippen LogP contribution in [0.4, 0.5) is 5.69 Å². The highest BCUT2D eigenvalue weighted by atomic mass is 32.1. The van der Waals surface area contributed by atoms with Crippen molar-refractivity contribution in [3.63, 3.8) is 0 Å². The second kappa shape index (κ2) is 7.30. The predicted molar refractivity (Wildman–Crippen MR) is 118 cm³/mol. The van der Waals surface area contributed by atoms with Crippen LogP contribution < -0.4 is 10.6 Å². The summed E-state index contributed by atoms with van der Waals surface area (Å²) < 4.78 is 0. The van der Waals surface area contributed by atoms with Gasteiger partial charge in [0.05, 0.1) is 5.92 Å². The van der Waals surface area contributed by atoms with E-state index < -0.39 is 0 Å². The van der Waals surface area contributed by atoms with Crippen molar-refractivity contribution in [2.75, 3.05) is 5.32 Å². The number of rotatable bonds is 3. The van der Waals surface area contributed by atoms with Crippen LogP contribution in [0.1, 0.15) is 50.0 Å². The van der Waals surface area contributed by atoms with E-state index in [-0.39, 0.29) is 23.0 Å². The fraction of sp³-hybridized carbons (Fsp3) is 0.333. The first-order chi connectivity index (χ1) is 13.8. The molecule has 0 bridgehead atoms. The van der Waals surface area contributed by atoms with Gasteiger partial charge in [-0.25, -0.2) is 0 Å². The van der Waals surface area contributed by atoms with Crippen LogP contribution in [0.25, 0.3) is 0 Å². The first-order valence-corrected chi connectivity index (χ1v) is 10.8. The molecule has 1 amide bonds. The molecule has 0 spiro atoms. The van der Waals surface area contributed by atoms with Crippen LogP contribution >= 0.6 is 11.3 Å². The molecule has 4 nitrogen and oxygen atoms in total. The number of hydrogen-bond donors (Lipinski definition) is 2. The van der Waals surface area contributed by atoms with Crippen LogP contribution in [-0.4, -0.2) is 11.7 Å². The SMILES string of the molecule is CC1=C(C(=O)Nc2ccccc2C)C(c2cccs2)C2=C(CC(C)(C)CC2=O)N1. The summed E-state index contributed by atoms with van der Waals surface area (Å²) in [6.07, 6.45) is 1.31. The normalized spacial score (nSPS) is 21.0. The summed E-state index contributed by atoms with van der Waals surface area (Å²) in [6.45, 7) is 8.15. The number of para-hydroxylation sites is 1. The molecule has 1 aliphatic heterocycles. The molecule has 1 unspecified atom stereocenters. The van der Waals surface area contributed by atoms with E-state index in [9.17, 15) is 9.59 Å². The molecule has 2 aliphatic rings.